The highest BCUT2D eigenvalue weighted by Gasteiger charge is 2.28. The fourth-order valence-electron chi connectivity index (χ4n) is 1.53. The largest absolute Gasteiger partial charge is 0.465 e. The summed E-state index contributed by atoms with van der Waals surface area (Å²) in [4.78, 5) is 11.0. The molecule has 0 radical (unpaired) electrons. The fraction of sp³-hybridized carbons (Fsp3) is 0.417. The molecule has 20 heavy (non-hydrogen) atoms. The zero-order valence-electron chi connectivity index (χ0n) is 11.1. The van der Waals surface area contributed by atoms with Crippen LogP contribution in [0.5, 0.6) is 0 Å². The van der Waals surface area contributed by atoms with Gasteiger partial charge >= 0.3 is 5.97 Å². The summed E-state index contributed by atoms with van der Waals surface area (Å²) in [6.07, 6.45) is 0. The molecular formula is C12H15ClFNO4S. The fourth-order valence-corrected chi connectivity index (χ4v) is 3.41. The zero-order valence-corrected chi connectivity index (χ0v) is 12.7. The van der Waals surface area contributed by atoms with Gasteiger partial charge in [0.15, 0.2) is 0 Å². The van der Waals surface area contributed by atoms with Crippen LogP contribution in [0.15, 0.2) is 23.1 Å². The van der Waals surface area contributed by atoms with Crippen molar-refractivity contribution >= 4 is 27.6 Å². The predicted molar refractivity (Wildman–Crippen MR) is 72.5 cm³/mol. The number of hydrogen-bond donors (Lipinski definition) is 0. The molecule has 0 spiro atoms. The van der Waals surface area contributed by atoms with E-state index in [1.54, 1.807) is 13.8 Å². The SMILES string of the molecule is CCOC(=O)CN(CC)S(=O)(=O)c1cc(F)ccc1Cl. The average Bonchev–Trinajstić information content (AvgIpc) is 2.38. The number of carbonyl (C=O) groups is 1. The van der Waals surface area contributed by atoms with Gasteiger partial charge in [-0.05, 0) is 25.1 Å². The molecule has 0 saturated heterocycles. The number of nitrogens with zero attached hydrogens (tertiary/aromatic N) is 1. The maximum atomic E-state index is 13.2. The van der Waals surface area contributed by atoms with Crippen LogP contribution in [-0.2, 0) is 19.6 Å². The molecule has 0 aromatic heterocycles. The van der Waals surface area contributed by atoms with Gasteiger partial charge in [0.2, 0.25) is 10.0 Å². The van der Waals surface area contributed by atoms with E-state index in [0.717, 1.165) is 22.5 Å². The molecule has 0 aliphatic rings. The third kappa shape index (κ3) is 3.91. The molecule has 0 atom stereocenters. The number of hydrogen-bond acceptors (Lipinski definition) is 4. The van der Waals surface area contributed by atoms with Gasteiger partial charge in [0.25, 0.3) is 0 Å². The molecule has 0 fully saturated rings. The van der Waals surface area contributed by atoms with E-state index < -0.39 is 28.4 Å². The van der Waals surface area contributed by atoms with Crippen molar-refractivity contribution < 1.29 is 22.3 Å². The number of rotatable bonds is 6. The summed E-state index contributed by atoms with van der Waals surface area (Å²) < 4.78 is 43.5. The van der Waals surface area contributed by atoms with Gasteiger partial charge in [0.1, 0.15) is 17.3 Å². The first-order valence-electron chi connectivity index (χ1n) is 5.93. The van der Waals surface area contributed by atoms with E-state index in [9.17, 15) is 17.6 Å². The Morgan fingerprint density at radius 1 is 1.40 bits per heavy atom. The molecular weight excluding hydrogens is 309 g/mol. The zero-order chi connectivity index (χ0) is 15.3. The lowest BCUT2D eigenvalue weighted by Gasteiger charge is -2.20. The number of carbonyl (C=O) groups excluding carboxylic acids is 1. The quantitative estimate of drug-likeness (QED) is 0.752. The van der Waals surface area contributed by atoms with Crippen LogP contribution in [0, 0.1) is 5.82 Å². The van der Waals surface area contributed by atoms with E-state index in [0.29, 0.717) is 0 Å². The van der Waals surface area contributed by atoms with Crippen LogP contribution in [0.25, 0.3) is 0 Å². The highest BCUT2D eigenvalue weighted by molar-refractivity contribution is 7.89. The molecule has 0 bridgehead atoms. The number of benzene rings is 1. The minimum Gasteiger partial charge on any atom is -0.465 e. The van der Waals surface area contributed by atoms with Crippen molar-refractivity contribution in [2.24, 2.45) is 0 Å². The lowest BCUT2D eigenvalue weighted by atomic mass is 10.3. The van der Waals surface area contributed by atoms with Crippen molar-refractivity contribution in [3.63, 3.8) is 0 Å². The normalized spacial score (nSPS) is 11.7. The Morgan fingerprint density at radius 3 is 2.60 bits per heavy atom. The molecule has 0 amide bonds. The Bertz CT molecular complexity index is 591. The summed E-state index contributed by atoms with van der Waals surface area (Å²) in [5, 5.41) is -0.103. The second-order valence-corrected chi connectivity index (χ2v) is 6.12. The molecule has 1 aromatic rings. The monoisotopic (exact) mass is 323 g/mol. The van der Waals surface area contributed by atoms with Gasteiger partial charge in [-0.2, -0.15) is 4.31 Å². The van der Waals surface area contributed by atoms with Crippen molar-refractivity contribution in [2.75, 3.05) is 19.7 Å². The van der Waals surface area contributed by atoms with Crippen LogP contribution >= 0.6 is 11.6 Å². The Labute approximate surface area is 122 Å². The first-order valence-corrected chi connectivity index (χ1v) is 7.75. The predicted octanol–water partition coefficient (Wildman–Crippen LogP) is 2.05. The van der Waals surface area contributed by atoms with Crippen LogP contribution in [0.4, 0.5) is 4.39 Å². The first-order chi connectivity index (χ1) is 9.32. The molecule has 0 aliphatic carbocycles. The summed E-state index contributed by atoms with van der Waals surface area (Å²) in [5.41, 5.74) is 0. The number of likely N-dealkylation sites (N-methyl/N-ethyl adjacent to an activating group) is 1. The maximum Gasteiger partial charge on any atom is 0.321 e. The number of ether oxygens (including phenoxy) is 1. The summed E-state index contributed by atoms with van der Waals surface area (Å²) in [6.45, 7) is 2.92. The first kappa shape index (κ1) is 16.9. The van der Waals surface area contributed by atoms with Gasteiger partial charge in [-0.15, -0.1) is 0 Å². The molecule has 0 saturated carbocycles. The summed E-state index contributed by atoms with van der Waals surface area (Å²) in [7, 11) is -4.06. The van der Waals surface area contributed by atoms with E-state index in [4.69, 9.17) is 16.3 Å². The topological polar surface area (TPSA) is 63.7 Å². The summed E-state index contributed by atoms with van der Waals surface area (Å²) in [5.74, 6) is -1.40. The standard InChI is InChI=1S/C12H15ClFNO4S/c1-3-15(8-12(16)19-4-2)20(17,18)11-7-9(14)5-6-10(11)13/h5-7H,3-4,8H2,1-2H3. The molecule has 112 valence electrons. The highest BCUT2D eigenvalue weighted by Crippen LogP contribution is 2.25. The maximum absolute atomic E-state index is 13.2. The van der Waals surface area contributed by atoms with Crippen LogP contribution in [0.1, 0.15) is 13.8 Å². The molecule has 0 N–H and O–H groups in total. The van der Waals surface area contributed by atoms with Crippen LogP contribution in [-0.4, -0.2) is 38.4 Å². The van der Waals surface area contributed by atoms with Crippen molar-refractivity contribution in [1.29, 1.82) is 0 Å². The van der Waals surface area contributed by atoms with E-state index in [1.165, 1.54) is 0 Å². The van der Waals surface area contributed by atoms with Gasteiger partial charge < -0.3 is 4.74 Å². The minimum absolute atomic E-state index is 0.0357. The van der Waals surface area contributed by atoms with Crippen molar-refractivity contribution in [3.05, 3.63) is 29.0 Å². The molecule has 0 heterocycles. The third-order valence-corrected chi connectivity index (χ3v) is 4.88. The Morgan fingerprint density at radius 2 is 2.05 bits per heavy atom. The van der Waals surface area contributed by atoms with Gasteiger partial charge in [-0.3, -0.25) is 4.79 Å². The number of sulfonamides is 1. The number of halogens is 2. The van der Waals surface area contributed by atoms with Crippen molar-refractivity contribution in [1.82, 2.24) is 4.31 Å². The van der Waals surface area contributed by atoms with Gasteiger partial charge in [-0.1, -0.05) is 18.5 Å². The highest BCUT2D eigenvalue weighted by atomic mass is 35.5. The minimum atomic E-state index is -4.06. The lowest BCUT2D eigenvalue weighted by molar-refractivity contribution is -0.143. The van der Waals surface area contributed by atoms with Crippen LogP contribution < -0.4 is 0 Å². The number of esters is 1. The van der Waals surface area contributed by atoms with Crippen LogP contribution in [0.2, 0.25) is 5.02 Å². The Balaban J connectivity index is 3.12. The lowest BCUT2D eigenvalue weighted by Crippen LogP contribution is -2.36. The van der Waals surface area contributed by atoms with E-state index >= 15 is 0 Å². The van der Waals surface area contributed by atoms with Crippen molar-refractivity contribution in [3.8, 4) is 0 Å². The van der Waals surface area contributed by atoms with E-state index in [1.807, 2.05) is 0 Å². The molecule has 5 nitrogen and oxygen atoms in total. The second kappa shape index (κ2) is 7.01. The van der Waals surface area contributed by atoms with Gasteiger partial charge in [0, 0.05) is 6.54 Å². The molecule has 1 rings (SSSR count). The van der Waals surface area contributed by atoms with Gasteiger partial charge in [0.05, 0.1) is 11.6 Å². The molecule has 1 aromatic carbocycles. The average molecular weight is 324 g/mol. The van der Waals surface area contributed by atoms with E-state index in [2.05, 4.69) is 0 Å². The van der Waals surface area contributed by atoms with Gasteiger partial charge in [-0.25, -0.2) is 12.8 Å². The molecule has 0 aliphatic heterocycles. The third-order valence-electron chi connectivity index (χ3n) is 2.47. The van der Waals surface area contributed by atoms with E-state index in [-0.39, 0.29) is 23.1 Å². The Kier molecular flexibility index (Phi) is 5.91. The Hall–Kier alpha value is -1.18. The molecule has 0 unspecified atom stereocenters. The second-order valence-electron chi connectivity index (χ2n) is 3.81. The van der Waals surface area contributed by atoms with Crippen LogP contribution in [0.3, 0.4) is 0 Å². The molecule has 8 heteroatoms. The summed E-state index contributed by atoms with van der Waals surface area (Å²) >= 11 is 5.79. The summed E-state index contributed by atoms with van der Waals surface area (Å²) in [6, 6.07) is 3.04. The van der Waals surface area contributed by atoms with Crippen molar-refractivity contribution in [2.45, 2.75) is 18.7 Å². The smallest absolute Gasteiger partial charge is 0.321 e.